The van der Waals surface area contributed by atoms with Crippen LogP contribution >= 0.6 is 0 Å². The summed E-state index contributed by atoms with van der Waals surface area (Å²) in [4.78, 5) is 14.4. The van der Waals surface area contributed by atoms with E-state index in [9.17, 15) is 4.79 Å². The minimum absolute atomic E-state index is 0.246. The fraction of sp³-hybridized carbons (Fsp3) is 0.316. The first-order chi connectivity index (χ1) is 10.8. The summed E-state index contributed by atoms with van der Waals surface area (Å²) in [5.41, 5.74) is 2.42. The lowest BCUT2D eigenvalue weighted by molar-refractivity contribution is -0.134. The van der Waals surface area contributed by atoms with Gasteiger partial charge in [-0.1, -0.05) is 42.5 Å². The summed E-state index contributed by atoms with van der Waals surface area (Å²) in [7, 11) is 1.67. The van der Waals surface area contributed by atoms with Gasteiger partial charge in [-0.2, -0.15) is 0 Å². The van der Waals surface area contributed by atoms with E-state index in [4.69, 9.17) is 4.74 Å². The maximum Gasteiger partial charge on any atom is 0.223 e. The largest absolute Gasteiger partial charge is 0.497 e. The lowest BCUT2D eigenvalue weighted by Crippen LogP contribution is -2.37. The number of nitrogens with zero attached hydrogens (tertiary/aromatic N) is 1. The number of benzene rings is 2. The molecular weight excluding hydrogens is 274 g/mol. The molecule has 2 aromatic rings. The van der Waals surface area contributed by atoms with E-state index in [0.29, 0.717) is 12.3 Å². The first kappa shape index (κ1) is 14.6. The number of carbonyl (C=O) groups is 1. The molecule has 0 radical (unpaired) electrons. The van der Waals surface area contributed by atoms with Crippen molar-refractivity contribution in [2.24, 2.45) is 0 Å². The number of amides is 1. The van der Waals surface area contributed by atoms with Gasteiger partial charge in [0.15, 0.2) is 0 Å². The predicted molar refractivity (Wildman–Crippen MR) is 86.8 cm³/mol. The average molecular weight is 295 g/mol. The maximum atomic E-state index is 12.4. The minimum Gasteiger partial charge on any atom is -0.497 e. The van der Waals surface area contributed by atoms with E-state index in [1.54, 1.807) is 7.11 Å². The van der Waals surface area contributed by atoms with Gasteiger partial charge in [0.25, 0.3) is 0 Å². The highest BCUT2D eigenvalue weighted by Gasteiger charge is 2.26. The van der Waals surface area contributed by atoms with Crippen molar-refractivity contribution in [2.45, 2.75) is 25.3 Å². The fourth-order valence-corrected chi connectivity index (χ4v) is 3.01. The van der Waals surface area contributed by atoms with Gasteiger partial charge >= 0.3 is 0 Å². The Hall–Kier alpha value is -2.29. The topological polar surface area (TPSA) is 29.5 Å². The third kappa shape index (κ3) is 3.30. The Morgan fingerprint density at radius 2 is 1.82 bits per heavy atom. The fourth-order valence-electron chi connectivity index (χ4n) is 3.01. The summed E-state index contributed by atoms with van der Waals surface area (Å²) in [5, 5.41) is 0. The normalized spacial score (nSPS) is 18.3. The second-order valence-corrected chi connectivity index (χ2v) is 5.76. The molecule has 3 nitrogen and oxygen atoms in total. The molecule has 0 bridgehead atoms. The molecule has 0 aliphatic carbocycles. The molecule has 3 heteroatoms. The van der Waals surface area contributed by atoms with Gasteiger partial charge in [-0.15, -0.1) is 0 Å². The van der Waals surface area contributed by atoms with Crippen molar-refractivity contribution < 1.29 is 9.53 Å². The van der Waals surface area contributed by atoms with Crippen LogP contribution in [0.1, 0.15) is 29.9 Å². The number of piperidine rings is 1. The summed E-state index contributed by atoms with van der Waals surface area (Å²) in [6.07, 6.45) is 1.62. The van der Waals surface area contributed by atoms with Crippen molar-refractivity contribution in [1.29, 1.82) is 0 Å². The number of rotatable bonds is 4. The molecule has 1 saturated heterocycles. The highest BCUT2D eigenvalue weighted by Crippen LogP contribution is 2.30. The van der Waals surface area contributed by atoms with Gasteiger partial charge in [0.2, 0.25) is 5.91 Å². The Morgan fingerprint density at radius 3 is 2.45 bits per heavy atom. The van der Waals surface area contributed by atoms with Crippen molar-refractivity contribution >= 4 is 5.91 Å². The number of carbonyl (C=O) groups excluding carboxylic acids is 1. The smallest absolute Gasteiger partial charge is 0.223 e. The van der Waals surface area contributed by atoms with Crippen molar-refractivity contribution in [1.82, 2.24) is 4.90 Å². The number of likely N-dealkylation sites (tertiary alicyclic amines) is 1. The molecule has 1 aliphatic heterocycles. The van der Waals surface area contributed by atoms with Crippen molar-refractivity contribution in [3.8, 4) is 5.75 Å². The van der Waals surface area contributed by atoms with Crippen LogP contribution in [0, 0.1) is 0 Å². The molecule has 1 unspecified atom stereocenters. The van der Waals surface area contributed by atoms with Crippen LogP contribution in [0.15, 0.2) is 54.6 Å². The third-order valence-corrected chi connectivity index (χ3v) is 4.32. The number of hydrogen-bond donors (Lipinski definition) is 0. The zero-order valence-electron chi connectivity index (χ0n) is 12.9. The van der Waals surface area contributed by atoms with E-state index in [-0.39, 0.29) is 5.91 Å². The van der Waals surface area contributed by atoms with Gasteiger partial charge in [-0.3, -0.25) is 4.79 Å². The predicted octanol–water partition coefficient (Wildman–Crippen LogP) is 3.60. The summed E-state index contributed by atoms with van der Waals surface area (Å²) < 4.78 is 5.19. The lowest BCUT2D eigenvalue weighted by Gasteiger charge is -2.32. The standard InChI is InChI=1S/C19H21NO2/c1-22-18-9-7-16(8-10-18)17-11-12-20(19(21)13-17)14-15-5-3-2-4-6-15/h2-10,17H,11-14H2,1H3. The van der Waals surface area contributed by atoms with Crippen LogP contribution < -0.4 is 4.74 Å². The van der Waals surface area contributed by atoms with E-state index >= 15 is 0 Å². The Morgan fingerprint density at radius 1 is 1.09 bits per heavy atom. The quantitative estimate of drug-likeness (QED) is 0.862. The van der Waals surface area contributed by atoms with Gasteiger partial charge in [-0.05, 0) is 35.6 Å². The van der Waals surface area contributed by atoms with Crippen LogP contribution in [-0.2, 0) is 11.3 Å². The zero-order valence-corrected chi connectivity index (χ0v) is 12.9. The molecule has 114 valence electrons. The highest BCUT2D eigenvalue weighted by molar-refractivity contribution is 5.78. The summed E-state index contributed by atoms with van der Waals surface area (Å²) >= 11 is 0. The Balaban J connectivity index is 1.63. The van der Waals surface area contributed by atoms with E-state index < -0.39 is 0 Å². The van der Waals surface area contributed by atoms with Gasteiger partial charge in [0.1, 0.15) is 5.75 Å². The van der Waals surface area contributed by atoms with Crippen LogP contribution in [0.5, 0.6) is 5.75 Å². The van der Waals surface area contributed by atoms with Crippen molar-refractivity contribution in [3.05, 3.63) is 65.7 Å². The monoisotopic (exact) mass is 295 g/mol. The van der Waals surface area contributed by atoms with Crippen LogP contribution in [0.3, 0.4) is 0 Å². The Bertz CT molecular complexity index is 622. The van der Waals surface area contributed by atoms with Gasteiger partial charge < -0.3 is 9.64 Å². The number of methoxy groups -OCH3 is 1. The Kier molecular flexibility index (Phi) is 4.42. The maximum absolute atomic E-state index is 12.4. The average Bonchev–Trinajstić information content (AvgIpc) is 2.58. The first-order valence-corrected chi connectivity index (χ1v) is 7.72. The second-order valence-electron chi connectivity index (χ2n) is 5.76. The third-order valence-electron chi connectivity index (χ3n) is 4.32. The van der Waals surface area contributed by atoms with Crippen LogP contribution in [0.4, 0.5) is 0 Å². The summed E-state index contributed by atoms with van der Waals surface area (Å²) in [6.45, 7) is 1.54. The first-order valence-electron chi connectivity index (χ1n) is 7.72. The summed E-state index contributed by atoms with van der Waals surface area (Å²) in [5.74, 6) is 1.43. The van der Waals surface area contributed by atoms with E-state index in [1.165, 1.54) is 11.1 Å². The van der Waals surface area contributed by atoms with Crippen molar-refractivity contribution in [2.75, 3.05) is 13.7 Å². The number of ether oxygens (including phenoxy) is 1. The van der Waals surface area contributed by atoms with E-state index in [1.807, 2.05) is 35.2 Å². The molecule has 0 N–H and O–H groups in total. The van der Waals surface area contributed by atoms with Gasteiger partial charge in [0.05, 0.1) is 7.11 Å². The van der Waals surface area contributed by atoms with Crippen LogP contribution in [0.25, 0.3) is 0 Å². The van der Waals surface area contributed by atoms with Crippen LogP contribution in [0.2, 0.25) is 0 Å². The zero-order chi connectivity index (χ0) is 15.4. The van der Waals surface area contributed by atoms with Crippen LogP contribution in [-0.4, -0.2) is 24.5 Å². The Labute approximate surface area is 131 Å². The van der Waals surface area contributed by atoms with E-state index in [2.05, 4.69) is 24.3 Å². The number of hydrogen-bond acceptors (Lipinski definition) is 2. The molecule has 0 spiro atoms. The van der Waals surface area contributed by atoms with Crippen molar-refractivity contribution in [3.63, 3.8) is 0 Å². The SMILES string of the molecule is COc1ccc(C2CCN(Cc3ccccc3)C(=O)C2)cc1. The lowest BCUT2D eigenvalue weighted by atomic mass is 9.89. The molecule has 1 atom stereocenters. The van der Waals surface area contributed by atoms with Gasteiger partial charge in [0, 0.05) is 19.5 Å². The molecule has 0 saturated carbocycles. The molecule has 3 rings (SSSR count). The molecule has 1 aliphatic rings. The molecule has 2 aromatic carbocycles. The molecule has 0 aromatic heterocycles. The van der Waals surface area contributed by atoms with Gasteiger partial charge in [-0.25, -0.2) is 0 Å². The molecule has 1 heterocycles. The van der Waals surface area contributed by atoms with E-state index in [0.717, 1.165) is 25.3 Å². The minimum atomic E-state index is 0.246. The highest BCUT2D eigenvalue weighted by atomic mass is 16.5. The molecule has 1 amide bonds. The molecule has 22 heavy (non-hydrogen) atoms. The molecule has 1 fully saturated rings. The second kappa shape index (κ2) is 6.65. The molecular formula is C19H21NO2. The summed E-state index contributed by atoms with van der Waals surface area (Å²) in [6, 6.07) is 18.3.